The van der Waals surface area contributed by atoms with Crippen LogP contribution < -0.4 is 16.0 Å². The smallest absolute Gasteiger partial charge is 0.291 e. The van der Waals surface area contributed by atoms with Crippen LogP contribution in [0.1, 0.15) is 33.1 Å². The average Bonchev–Trinajstić information content (AvgIpc) is 3.33. The molecule has 0 aliphatic heterocycles. The molecule has 9 heteroatoms. The van der Waals surface area contributed by atoms with Crippen LogP contribution in [0.15, 0.2) is 52.1 Å². The van der Waals surface area contributed by atoms with Gasteiger partial charge in [0, 0.05) is 44.1 Å². The summed E-state index contributed by atoms with van der Waals surface area (Å²) < 4.78 is 6.98. The van der Waals surface area contributed by atoms with Crippen molar-refractivity contribution in [3.05, 3.63) is 70.9 Å². The summed E-state index contributed by atoms with van der Waals surface area (Å²) in [5.41, 5.74) is 5.10. The molecule has 8 nitrogen and oxygen atoms in total. The molecule has 2 aromatic heterocycles. The lowest BCUT2D eigenvalue weighted by Crippen LogP contribution is -2.36. The Bertz CT molecular complexity index is 993. The molecule has 3 rings (SSSR count). The molecular formula is C21H27IN6O2. The maximum absolute atomic E-state index is 12.0. The third kappa shape index (κ3) is 5.85. The van der Waals surface area contributed by atoms with Crippen molar-refractivity contribution in [1.29, 1.82) is 0 Å². The highest BCUT2D eigenvalue weighted by molar-refractivity contribution is 14.0. The molecule has 0 atom stereocenters. The minimum Gasteiger partial charge on any atom is -0.459 e. The molecule has 2 heterocycles. The van der Waals surface area contributed by atoms with Gasteiger partial charge in [0.1, 0.15) is 0 Å². The van der Waals surface area contributed by atoms with Crippen molar-refractivity contribution in [3.63, 3.8) is 0 Å². The number of carbonyl (C=O) groups is 1. The second kappa shape index (κ2) is 10.8. The zero-order valence-electron chi connectivity index (χ0n) is 17.5. The van der Waals surface area contributed by atoms with Crippen LogP contribution in [0.4, 0.5) is 5.69 Å². The van der Waals surface area contributed by atoms with E-state index in [-0.39, 0.29) is 35.6 Å². The molecule has 30 heavy (non-hydrogen) atoms. The molecule has 1 amide bonds. The molecule has 1 aromatic carbocycles. The number of carbonyl (C=O) groups excluding carboxylic acids is 1. The Labute approximate surface area is 193 Å². The molecule has 3 N–H and O–H groups in total. The molecule has 0 spiro atoms. The molecule has 160 valence electrons. The number of nitrogens with one attached hydrogen (secondary N) is 3. The number of anilines is 1. The lowest BCUT2D eigenvalue weighted by atomic mass is 10.2. The first-order valence-electron chi connectivity index (χ1n) is 9.35. The van der Waals surface area contributed by atoms with Gasteiger partial charge >= 0.3 is 0 Å². The van der Waals surface area contributed by atoms with E-state index < -0.39 is 0 Å². The largest absolute Gasteiger partial charge is 0.459 e. The van der Waals surface area contributed by atoms with Gasteiger partial charge < -0.3 is 20.4 Å². The van der Waals surface area contributed by atoms with Crippen LogP contribution in [-0.4, -0.2) is 28.7 Å². The standard InChI is InChI=1S/C21H26N6O2.HI/c1-14-18(15(2)27(4)26-14)13-24-21(22-3)23-12-16-7-9-17(10-8-16)25-20(28)19-6-5-11-29-19;/h5-11H,12-13H2,1-4H3,(H,25,28)(H2,22,23,24);1H. The molecule has 0 bridgehead atoms. The van der Waals surface area contributed by atoms with Gasteiger partial charge in [-0.3, -0.25) is 14.5 Å². The van der Waals surface area contributed by atoms with Gasteiger partial charge in [0.2, 0.25) is 0 Å². The van der Waals surface area contributed by atoms with Gasteiger partial charge in [0.05, 0.1) is 12.0 Å². The van der Waals surface area contributed by atoms with Gasteiger partial charge in [-0.05, 0) is 43.7 Å². The van der Waals surface area contributed by atoms with E-state index in [1.165, 1.54) is 11.8 Å². The summed E-state index contributed by atoms with van der Waals surface area (Å²) >= 11 is 0. The normalized spacial score (nSPS) is 11.0. The third-order valence-electron chi connectivity index (χ3n) is 4.73. The van der Waals surface area contributed by atoms with Crippen molar-refractivity contribution in [2.45, 2.75) is 26.9 Å². The van der Waals surface area contributed by atoms with E-state index in [4.69, 9.17) is 4.42 Å². The Balaban J connectivity index is 0.00000320. The number of guanidine groups is 1. The highest BCUT2D eigenvalue weighted by atomic mass is 127. The highest BCUT2D eigenvalue weighted by Crippen LogP contribution is 2.13. The van der Waals surface area contributed by atoms with E-state index in [0.717, 1.165) is 17.0 Å². The Hall–Kier alpha value is -2.82. The van der Waals surface area contributed by atoms with Crippen LogP contribution in [0.25, 0.3) is 0 Å². The van der Waals surface area contributed by atoms with E-state index in [1.54, 1.807) is 19.2 Å². The predicted octanol–water partition coefficient (Wildman–Crippen LogP) is 3.37. The SMILES string of the molecule is CN=C(NCc1ccc(NC(=O)c2ccco2)cc1)NCc1c(C)nn(C)c1C.I. The first kappa shape index (κ1) is 23.5. The van der Waals surface area contributed by atoms with Crippen LogP contribution in [0.2, 0.25) is 0 Å². The Kier molecular flexibility index (Phi) is 8.46. The molecule has 0 aliphatic rings. The maximum Gasteiger partial charge on any atom is 0.291 e. The van der Waals surface area contributed by atoms with Crippen molar-refractivity contribution in [2.75, 3.05) is 12.4 Å². The summed E-state index contributed by atoms with van der Waals surface area (Å²) in [5, 5.41) is 13.9. The van der Waals surface area contributed by atoms with Crippen molar-refractivity contribution in [2.24, 2.45) is 12.0 Å². The first-order valence-corrected chi connectivity index (χ1v) is 9.35. The van der Waals surface area contributed by atoms with Crippen molar-refractivity contribution in [3.8, 4) is 0 Å². The summed E-state index contributed by atoms with van der Waals surface area (Å²) in [6, 6.07) is 10.9. The van der Waals surface area contributed by atoms with Gasteiger partial charge in [-0.15, -0.1) is 24.0 Å². The van der Waals surface area contributed by atoms with Gasteiger partial charge in [-0.25, -0.2) is 0 Å². The number of aryl methyl sites for hydroxylation is 2. The first-order chi connectivity index (χ1) is 14.0. The molecular weight excluding hydrogens is 495 g/mol. The summed E-state index contributed by atoms with van der Waals surface area (Å²) in [4.78, 5) is 16.3. The number of hydrogen-bond donors (Lipinski definition) is 3. The zero-order valence-corrected chi connectivity index (χ0v) is 19.9. The molecule has 0 unspecified atom stereocenters. The number of halogens is 1. The lowest BCUT2D eigenvalue weighted by Gasteiger charge is -2.13. The monoisotopic (exact) mass is 522 g/mol. The Morgan fingerprint density at radius 2 is 1.83 bits per heavy atom. The van der Waals surface area contributed by atoms with Crippen LogP contribution in [-0.2, 0) is 20.1 Å². The summed E-state index contributed by atoms with van der Waals surface area (Å²) in [7, 11) is 3.69. The van der Waals surface area contributed by atoms with E-state index in [1.807, 2.05) is 42.9 Å². The van der Waals surface area contributed by atoms with Gasteiger partial charge in [-0.2, -0.15) is 5.10 Å². The fraction of sp³-hybridized carbons (Fsp3) is 0.286. The van der Waals surface area contributed by atoms with Crippen molar-refractivity contribution in [1.82, 2.24) is 20.4 Å². The number of nitrogens with zero attached hydrogens (tertiary/aromatic N) is 3. The van der Waals surface area contributed by atoms with Gasteiger partial charge in [0.25, 0.3) is 5.91 Å². The number of amides is 1. The van der Waals surface area contributed by atoms with Crippen molar-refractivity contribution < 1.29 is 9.21 Å². The van der Waals surface area contributed by atoms with E-state index in [9.17, 15) is 4.79 Å². The van der Waals surface area contributed by atoms with E-state index >= 15 is 0 Å². The average molecular weight is 522 g/mol. The van der Waals surface area contributed by atoms with Crippen LogP contribution in [0.3, 0.4) is 0 Å². The molecule has 3 aromatic rings. The van der Waals surface area contributed by atoms with Crippen molar-refractivity contribution >= 4 is 41.5 Å². The quantitative estimate of drug-likeness (QED) is 0.262. The topological polar surface area (TPSA) is 96.5 Å². The number of aliphatic imine (C=N–C) groups is 1. The fourth-order valence-electron chi connectivity index (χ4n) is 2.96. The second-order valence-corrected chi connectivity index (χ2v) is 6.68. The third-order valence-corrected chi connectivity index (χ3v) is 4.73. The summed E-state index contributed by atoms with van der Waals surface area (Å²) in [6.07, 6.45) is 1.47. The molecule has 0 fully saturated rings. The minimum atomic E-state index is -0.272. The van der Waals surface area contributed by atoms with Gasteiger partial charge in [0.15, 0.2) is 11.7 Å². The molecule has 0 aliphatic carbocycles. The highest BCUT2D eigenvalue weighted by Gasteiger charge is 2.10. The second-order valence-electron chi connectivity index (χ2n) is 6.68. The van der Waals surface area contributed by atoms with Gasteiger partial charge in [-0.1, -0.05) is 12.1 Å². The number of rotatable bonds is 6. The number of benzene rings is 1. The molecule has 0 saturated carbocycles. The minimum absolute atomic E-state index is 0. The zero-order chi connectivity index (χ0) is 20.8. The molecule has 0 radical (unpaired) electrons. The lowest BCUT2D eigenvalue weighted by molar-refractivity contribution is 0.0996. The van der Waals surface area contributed by atoms with Crippen LogP contribution >= 0.6 is 24.0 Å². The number of aromatic nitrogens is 2. The molecule has 0 saturated heterocycles. The fourth-order valence-corrected chi connectivity index (χ4v) is 2.96. The Morgan fingerprint density at radius 1 is 1.13 bits per heavy atom. The summed E-state index contributed by atoms with van der Waals surface area (Å²) in [5.74, 6) is 0.721. The Morgan fingerprint density at radius 3 is 2.40 bits per heavy atom. The number of furan rings is 1. The summed E-state index contributed by atoms with van der Waals surface area (Å²) in [6.45, 7) is 5.33. The van der Waals surface area contributed by atoms with E-state index in [0.29, 0.717) is 24.7 Å². The van der Waals surface area contributed by atoms with Crippen LogP contribution in [0.5, 0.6) is 0 Å². The number of hydrogen-bond acceptors (Lipinski definition) is 4. The maximum atomic E-state index is 12.0. The van der Waals surface area contributed by atoms with Crippen LogP contribution in [0, 0.1) is 13.8 Å². The predicted molar refractivity (Wildman–Crippen MR) is 128 cm³/mol. The van der Waals surface area contributed by atoms with E-state index in [2.05, 4.69) is 33.0 Å².